The van der Waals surface area contributed by atoms with E-state index in [0.29, 0.717) is 11.3 Å². The fourth-order valence-electron chi connectivity index (χ4n) is 3.52. The van der Waals surface area contributed by atoms with Gasteiger partial charge in [0.2, 0.25) is 11.7 Å². The van der Waals surface area contributed by atoms with Gasteiger partial charge in [-0.25, -0.2) is 0 Å². The number of carbonyl (C=O) groups is 2. The Morgan fingerprint density at radius 2 is 1.67 bits per heavy atom. The molecule has 0 fully saturated rings. The molecule has 6 nitrogen and oxygen atoms in total. The van der Waals surface area contributed by atoms with Crippen LogP contribution in [0.15, 0.2) is 71.3 Å². The molecule has 2 aromatic rings. The van der Waals surface area contributed by atoms with Gasteiger partial charge in [0.05, 0.1) is 18.6 Å². The Labute approximate surface area is 155 Å². The number of ether oxygens (including phenoxy) is 2. The number of para-hydroxylation sites is 1. The number of rotatable bonds is 2. The molecule has 6 heteroatoms. The van der Waals surface area contributed by atoms with Crippen molar-refractivity contribution in [2.24, 2.45) is 5.73 Å². The van der Waals surface area contributed by atoms with Gasteiger partial charge in [-0.05, 0) is 6.07 Å². The topological polar surface area (TPSA) is 102 Å². The fraction of sp³-hybridized carbons (Fsp3) is 0.0952. The van der Waals surface area contributed by atoms with E-state index in [0.717, 1.165) is 0 Å². The quantitative estimate of drug-likeness (QED) is 0.885. The van der Waals surface area contributed by atoms with Crippen LogP contribution in [0.25, 0.3) is 0 Å². The first kappa shape index (κ1) is 16.6. The van der Waals surface area contributed by atoms with Gasteiger partial charge >= 0.3 is 0 Å². The highest BCUT2D eigenvalue weighted by Crippen LogP contribution is 2.46. The summed E-state index contributed by atoms with van der Waals surface area (Å²) in [5.41, 5.74) is 7.22. The largest absolute Gasteiger partial charge is 0.496 e. The van der Waals surface area contributed by atoms with Crippen molar-refractivity contribution in [3.8, 4) is 11.8 Å². The monoisotopic (exact) mass is 358 g/mol. The van der Waals surface area contributed by atoms with Crippen molar-refractivity contribution in [1.29, 1.82) is 5.26 Å². The van der Waals surface area contributed by atoms with E-state index >= 15 is 0 Å². The molecule has 2 aliphatic rings. The van der Waals surface area contributed by atoms with Crippen molar-refractivity contribution in [3.05, 3.63) is 88.0 Å². The second-order valence-electron chi connectivity index (χ2n) is 6.11. The summed E-state index contributed by atoms with van der Waals surface area (Å²) in [6.45, 7) is 0. The highest BCUT2D eigenvalue weighted by atomic mass is 16.5. The van der Waals surface area contributed by atoms with Gasteiger partial charge in [0.15, 0.2) is 11.5 Å². The molecule has 0 saturated heterocycles. The van der Waals surface area contributed by atoms with Crippen molar-refractivity contribution in [2.75, 3.05) is 7.11 Å². The summed E-state index contributed by atoms with van der Waals surface area (Å²) in [5, 5.41) is 9.67. The first-order valence-corrected chi connectivity index (χ1v) is 8.21. The number of fused-ring (bicyclic) bond motifs is 1. The Balaban J connectivity index is 2.01. The van der Waals surface area contributed by atoms with E-state index < -0.39 is 11.7 Å². The minimum atomic E-state index is -0.847. The van der Waals surface area contributed by atoms with Gasteiger partial charge in [-0.2, -0.15) is 5.26 Å². The summed E-state index contributed by atoms with van der Waals surface area (Å²) in [6, 6.07) is 15.5. The predicted molar refractivity (Wildman–Crippen MR) is 95.8 cm³/mol. The number of methoxy groups -OCH3 is 1. The SMILES string of the molecule is COc1ccccc1[C@@H]1C(C#N)=C(N)OC2=C1C(=O)c1ccccc1C2=O. The molecule has 4 rings (SSSR count). The molecule has 0 aromatic heterocycles. The number of benzene rings is 2. The number of Topliss-reactive ketones (excluding diaryl/α,β-unsaturated/α-hetero) is 2. The lowest BCUT2D eigenvalue weighted by Crippen LogP contribution is -2.32. The summed E-state index contributed by atoms with van der Waals surface area (Å²) < 4.78 is 10.9. The van der Waals surface area contributed by atoms with Gasteiger partial charge in [-0.15, -0.1) is 0 Å². The molecule has 1 aliphatic carbocycles. The Kier molecular flexibility index (Phi) is 3.78. The van der Waals surface area contributed by atoms with Gasteiger partial charge in [0, 0.05) is 16.7 Å². The number of nitrogens with two attached hydrogens (primary N) is 1. The second kappa shape index (κ2) is 6.15. The summed E-state index contributed by atoms with van der Waals surface area (Å²) in [6.07, 6.45) is 0. The van der Waals surface area contributed by atoms with Crippen molar-refractivity contribution < 1.29 is 19.1 Å². The van der Waals surface area contributed by atoms with Crippen molar-refractivity contribution in [2.45, 2.75) is 5.92 Å². The zero-order valence-electron chi connectivity index (χ0n) is 14.4. The Bertz CT molecular complexity index is 1110. The second-order valence-corrected chi connectivity index (χ2v) is 6.11. The van der Waals surface area contributed by atoms with E-state index in [-0.39, 0.29) is 39.7 Å². The first-order valence-electron chi connectivity index (χ1n) is 8.21. The smallest absolute Gasteiger partial charge is 0.229 e. The highest BCUT2D eigenvalue weighted by Gasteiger charge is 2.44. The molecule has 0 spiro atoms. The maximum atomic E-state index is 13.2. The van der Waals surface area contributed by atoms with E-state index in [4.69, 9.17) is 15.2 Å². The lowest BCUT2D eigenvalue weighted by atomic mass is 9.75. The van der Waals surface area contributed by atoms with Crippen molar-refractivity contribution in [1.82, 2.24) is 0 Å². The minimum absolute atomic E-state index is 0.0683. The molecular weight excluding hydrogens is 344 g/mol. The molecule has 1 heterocycles. The summed E-state index contributed by atoms with van der Waals surface area (Å²) in [5.74, 6) is -1.48. The van der Waals surface area contributed by atoms with Gasteiger partial charge in [0.1, 0.15) is 17.4 Å². The van der Waals surface area contributed by atoms with Crippen molar-refractivity contribution >= 4 is 11.6 Å². The lowest BCUT2D eigenvalue weighted by molar-refractivity contribution is 0.0897. The number of allylic oxidation sites excluding steroid dienone is 3. The Morgan fingerprint density at radius 1 is 1.04 bits per heavy atom. The summed E-state index contributed by atoms with van der Waals surface area (Å²) in [4.78, 5) is 26.2. The van der Waals surface area contributed by atoms with Gasteiger partial charge in [0.25, 0.3) is 0 Å². The van der Waals surface area contributed by atoms with Crippen LogP contribution >= 0.6 is 0 Å². The van der Waals surface area contributed by atoms with Gasteiger partial charge < -0.3 is 15.2 Å². The number of nitriles is 1. The van der Waals surface area contributed by atoms with Crippen LogP contribution in [0.1, 0.15) is 32.2 Å². The number of hydrogen-bond acceptors (Lipinski definition) is 6. The number of nitrogens with zero attached hydrogens (tertiary/aromatic N) is 1. The summed E-state index contributed by atoms with van der Waals surface area (Å²) in [7, 11) is 1.50. The molecule has 0 amide bonds. The molecule has 0 radical (unpaired) electrons. The van der Waals surface area contributed by atoms with E-state index in [9.17, 15) is 14.9 Å². The van der Waals surface area contributed by atoms with Crippen LogP contribution in [0.3, 0.4) is 0 Å². The zero-order valence-corrected chi connectivity index (χ0v) is 14.4. The molecule has 2 N–H and O–H groups in total. The Hall–Kier alpha value is -3.85. The minimum Gasteiger partial charge on any atom is -0.496 e. The molecule has 27 heavy (non-hydrogen) atoms. The zero-order chi connectivity index (χ0) is 19.1. The number of ketones is 2. The third-order valence-electron chi connectivity index (χ3n) is 4.74. The van der Waals surface area contributed by atoms with Crippen molar-refractivity contribution in [3.63, 3.8) is 0 Å². The molecule has 0 saturated carbocycles. The van der Waals surface area contributed by atoms with E-state index in [1.54, 1.807) is 48.5 Å². The molecule has 0 unspecified atom stereocenters. The third kappa shape index (κ3) is 2.33. The first-order chi connectivity index (χ1) is 13.1. The third-order valence-corrected chi connectivity index (χ3v) is 4.74. The van der Waals surface area contributed by atoms with Crippen LogP contribution in [0.4, 0.5) is 0 Å². The van der Waals surface area contributed by atoms with Crippen LogP contribution in [-0.4, -0.2) is 18.7 Å². The highest BCUT2D eigenvalue weighted by molar-refractivity contribution is 6.27. The van der Waals surface area contributed by atoms with E-state index in [2.05, 4.69) is 0 Å². The fourth-order valence-corrected chi connectivity index (χ4v) is 3.52. The molecule has 1 aliphatic heterocycles. The maximum absolute atomic E-state index is 13.2. The normalized spacial score (nSPS) is 18.4. The Morgan fingerprint density at radius 3 is 2.33 bits per heavy atom. The number of carbonyl (C=O) groups excluding carboxylic acids is 2. The average molecular weight is 358 g/mol. The molecular formula is C21H14N2O4. The lowest BCUT2D eigenvalue weighted by Gasteiger charge is -2.31. The van der Waals surface area contributed by atoms with Crippen LogP contribution < -0.4 is 10.5 Å². The molecule has 0 bridgehead atoms. The maximum Gasteiger partial charge on any atom is 0.229 e. The van der Waals surface area contributed by atoms with Crippen LogP contribution in [0.5, 0.6) is 5.75 Å². The van der Waals surface area contributed by atoms with Gasteiger partial charge in [-0.3, -0.25) is 9.59 Å². The standard InChI is InChI=1S/C21H14N2O4/c1-26-15-9-5-4-8-13(15)16-14(10-22)21(23)27-20-17(16)18(24)11-6-2-3-7-12(11)19(20)25/h2-9,16H,23H2,1H3/t16-/m1/s1. The number of hydrogen-bond donors (Lipinski definition) is 1. The molecule has 1 atom stereocenters. The molecule has 2 aromatic carbocycles. The van der Waals surface area contributed by atoms with Crippen LogP contribution in [0.2, 0.25) is 0 Å². The average Bonchev–Trinajstić information content (AvgIpc) is 2.71. The predicted octanol–water partition coefficient (Wildman–Crippen LogP) is 2.84. The molecule has 132 valence electrons. The van der Waals surface area contributed by atoms with Crippen LogP contribution in [0, 0.1) is 11.3 Å². The van der Waals surface area contributed by atoms with E-state index in [1.165, 1.54) is 7.11 Å². The summed E-state index contributed by atoms with van der Waals surface area (Å²) >= 11 is 0. The van der Waals surface area contributed by atoms with Crippen LogP contribution in [-0.2, 0) is 4.74 Å². The van der Waals surface area contributed by atoms with E-state index in [1.807, 2.05) is 6.07 Å². The van der Waals surface area contributed by atoms with Gasteiger partial charge in [-0.1, -0.05) is 42.5 Å².